The summed E-state index contributed by atoms with van der Waals surface area (Å²) in [5.41, 5.74) is 0.458. The predicted molar refractivity (Wildman–Crippen MR) is 141 cm³/mol. The Morgan fingerprint density at radius 3 is 2.58 bits per heavy atom. The molecule has 1 aliphatic heterocycles. The Morgan fingerprint density at radius 1 is 1.11 bits per heavy atom. The van der Waals surface area contributed by atoms with E-state index in [4.69, 9.17) is 9.15 Å². The number of amides is 2. The number of rotatable bonds is 9. The third-order valence-corrected chi connectivity index (χ3v) is 6.66. The SMILES string of the molecule is CC(C)(NC(=O)c1cc2[nH]nc(NC(=O)c3ccc(OCCN4CCCC4)cc3)c2o1)c1ccccc1F. The van der Waals surface area contributed by atoms with Gasteiger partial charge in [-0.05, 0) is 70.1 Å². The Hall–Kier alpha value is -4.18. The molecule has 198 valence electrons. The first kappa shape index (κ1) is 25.5. The molecule has 0 atom stereocenters. The van der Waals surface area contributed by atoms with Crippen LogP contribution in [0.4, 0.5) is 10.2 Å². The van der Waals surface area contributed by atoms with Gasteiger partial charge < -0.3 is 19.8 Å². The van der Waals surface area contributed by atoms with Crippen LogP contribution in [0.5, 0.6) is 5.75 Å². The molecule has 9 nitrogen and oxygen atoms in total. The molecule has 0 saturated carbocycles. The van der Waals surface area contributed by atoms with Crippen LogP contribution in [-0.2, 0) is 5.54 Å². The lowest BCUT2D eigenvalue weighted by Gasteiger charge is -2.26. The zero-order valence-electron chi connectivity index (χ0n) is 21.3. The highest BCUT2D eigenvalue weighted by Crippen LogP contribution is 2.27. The molecule has 0 aliphatic carbocycles. The van der Waals surface area contributed by atoms with E-state index in [0.717, 1.165) is 19.6 Å². The number of ether oxygens (including phenoxy) is 1. The van der Waals surface area contributed by atoms with E-state index in [1.165, 1.54) is 25.0 Å². The van der Waals surface area contributed by atoms with E-state index in [1.54, 1.807) is 56.3 Å². The second kappa shape index (κ2) is 10.7. The molecule has 1 aliphatic rings. The highest BCUT2D eigenvalue weighted by Gasteiger charge is 2.28. The molecule has 0 unspecified atom stereocenters. The Labute approximate surface area is 219 Å². The fraction of sp³-hybridized carbons (Fsp3) is 0.321. The van der Waals surface area contributed by atoms with Crippen molar-refractivity contribution in [1.82, 2.24) is 20.4 Å². The topological polar surface area (TPSA) is 112 Å². The lowest BCUT2D eigenvalue weighted by molar-refractivity contribution is 0.0884. The summed E-state index contributed by atoms with van der Waals surface area (Å²) < 4.78 is 25.8. The Morgan fingerprint density at radius 2 is 1.84 bits per heavy atom. The quantitative estimate of drug-likeness (QED) is 0.296. The third kappa shape index (κ3) is 5.55. The van der Waals surface area contributed by atoms with Crippen molar-refractivity contribution >= 4 is 28.7 Å². The molecule has 3 heterocycles. The number of aromatic nitrogens is 2. The number of benzene rings is 2. The first-order valence-electron chi connectivity index (χ1n) is 12.6. The lowest BCUT2D eigenvalue weighted by Crippen LogP contribution is -2.41. The summed E-state index contributed by atoms with van der Waals surface area (Å²) in [6.45, 7) is 7.14. The number of fused-ring (bicyclic) bond motifs is 1. The number of nitrogens with one attached hydrogen (secondary N) is 3. The van der Waals surface area contributed by atoms with Gasteiger partial charge in [-0.25, -0.2) is 4.39 Å². The molecule has 2 aromatic carbocycles. The number of hydrogen-bond acceptors (Lipinski definition) is 6. The van der Waals surface area contributed by atoms with Crippen LogP contribution in [0.15, 0.2) is 59.0 Å². The molecule has 2 amide bonds. The number of likely N-dealkylation sites (tertiary alicyclic amines) is 1. The smallest absolute Gasteiger partial charge is 0.287 e. The first-order valence-corrected chi connectivity index (χ1v) is 12.6. The fourth-order valence-corrected chi connectivity index (χ4v) is 4.58. The summed E-state index contributed by atoms with van der Waals surface area (Å²) >= 11 is 0. The standard InChI is InChI=1S/C28H30FN5O4/c1-28(2,20-7-3-4-8-21(20)29)31-27(36)23-17-22-24(38-23)25(33-32-22)30-26(35)18-9-11-19(12-10-18)37-16-15-34-13-5-6-14-34/h3-4,7-12,17H,5-6,13-16H2,1-2H3,(H,31,36)(H2,30,32,33,35). The van der Waals surface area contributed by atoms with Gasteiger partial charge in [0.05, 0.1) is 5.54 Å². The molecule has 1 fully saturated rings. The molecule has 1 saturated heterocycles. The minimum atomic E-state index is -0.984. The summed E-state index contributed by atoms with van der Waals surface area (Å²) in [5.74, 6) is -0.471. The number of aromatic amines is 1. The predicted octanol–water partition coefficient (Wildman–Crippen LogP) is 4.69. The summed E-state index contributed by atoms with van der Waals surface area (Å²) in [5, 5.41) is 12.4. The van der Waals surface area contributed by atoms with Gasteiger partial charge in [0.1, 0.15) is 23.7 Å². The largest absolute Gasteiger partial charge is 0.492 e. The number of halogens is 1. The van der Waals surface area contributed by atoms with Gasteiger partial charge in [-0.15, -0.1) is 0 Å². The molecule has 3 N–H and O–H groups in total. The molecule has 0 spiro atoms. The van der Waals surface area contributed by atoms with E-state index in [2.05, 4.69) is 25.7 Å². The summed E-state index contributed by atoms with van der Waals surface area (Å²) in [7, 11) is 0. The van der Waals surface area contributed by atoms with E-state index < -0.39 is 17.3 Å². The fourth-order valence-electron chi connectivity index (χ4n) is 4.58. The van der Waals surface area contributed by atoms with E-state index in [9.17, 15) is 14.0 Å². The van der Waals surface area contributed by atoms with Crippen molar-refractivity contribution in [2.45, 2.75) is 32.2 Å². The normalized spacial score (nSPS) is 14.1. The van der Waals surface area contributed by atoms with Gasteiger partial charge in [0, 0.05) is 23.7 Å². The van der Waals surface area contributed by atoms with Crippen molar-refractivity contribution in [2.24, 2.45) is 0 Å². The zero-order chi connectivity index (χ0) is 26.7. The van der Waals surface area contributed by atoms with Gasteiger partial charge >= 0.3 is 0 Å². The van der Waals surface area contributed by atoms with Crippen LogP contribution in [-0.4, -0.2) is 53.2 Å². The van der Waals surface area contributed by atoms with Gasteiger partial charge in [0.15, 0.2) is 17.2 Å². The monoisotopic (exact) mass is 519 g/mol. The first-order chi connectivity index (χ1) is 18.3. The van der Waals surface area contributed by atoms with Gasteiger partial charge in [-0.2, -0.15) is 5.10 Å². The van der Waals surface area contributed by atoms with Gasteiger partial charge in [-0.1, -0.05) is 18.2 Å². The molecule has 0 bridgehead atoms. The van der Waals surface area contributed by atoms with E-state index in [1.807, 2.05) is 0 Å². The Balaban J connectivity index is 1.21. The molecule has 5 rings (SSSR count). The van der Waals surface area contributed by atoms with Crippen molar-refractivity contribution in [3.05, 3.63) is 77.3 Å². The second-order valence-corrected chi connectivity index (χ2v) is 9.86. The van der Waals surface area contributed by atoms with Crippen molar-refractivity contribution < 1.29 is 23.1 Å². The number of anilines is 1. The maximum Gasteiger partial charge on any atom is 0.287 e. The van der Waals surface area contributed by atoms with Crippen molar-refractivity contribution in [2.75, 3.05) is 31.6 Å². The van der Waals surface area contributed by atoms with E-state index in [0.29, 0.717) is 29.0 Å². The van der Waals surface area contributed by atoms with Crippen molar-refractivity contribution in [3.63, 3.8) is 0 Å². The van der Waals surface area contributed by atoms with Gasteiger partial charge in [0.2, 0.25) is 0 Å². The molecular weight excluding hydrogens is 489 g/mol. The number of H-pyrrole nitrogens is 1. The van der Waals surface area contributed by atoms with Crippen LogP contribution in [0.2, 0.25) is 0 Å². The van der Waals surface area contributed by atoms with E-state index >= 15 is 0 Å². The van der Waals surface area contributed by atoms with E-state index in [-0.39, 0.29) is 23.1 Å². The van der Waals surface area contributed by atoms with Crippen LogP contribution in [0.3, 0.4) is 0 Å². The van der Waals surface area contributed by atoms with Crippen LogP contribution < -0.4 is 15.4 Å². The third-order valence-electron chi connectivity index (χ3n) is 6.66. The molecule has 0 radical (unpaired) electrons. The van der Waals surface area contributed by atoms with Crippen LogP contribution >= 0.6 is 0 Å². The van der Waals surface area contributed by atoms with Gasteiger partial charge in [0.25, 0.3) is 11.8 Å². The molecule has 2 aromatic heterocycles. The molecule has 4 aromatic rings. The maximum absolute atomic E-state index is 14.3. The Bertz CT molecular complexity index is 1440. The molecule has 38 heavy (non-hydrogen) atoms. The lowest BCUT2D eigenvalue weighted by atomic mass is 9.93. The zero-order valence-corrected chi connectivity index (χ0v) is 21.3. The highest BCUT2D eigenvalue weighted by atomic mass is 19.1. The van der Waals surface area contributed by atoms with Crippen LogP contribution in [0, 0.1) is 5.82 Å². The average molecular weight is 520 g/mol. The number of hydrogen-bond donors (Lipinski definition) is 3. The molecule has 10 heteroatoms. The number of carbonyl (C=O) groups is 2. The average Bonchev–Trinajstić information content (AvgIpc) is 3.64. The number of furan rings is 1. The van der Waals surface area contributed by atoms with Gasteiger partial charge in [-0.3, -0.25) is 19.6 Å². The Kier molecular flexibility index (Phi) is 7.15. The minimum absolute atomic E-state index is 0.00370. The highest BCUT2D eigenvalue weighted by molar-refractivity contribution is 6.07. The van der Waals surface area contributed by atoms with Crippen LogP contribution in [0.1, 0.15) is 53.2 Å². The number of nitrogens with zero attached hydrogens (tertiary/aromatic N) is 2. The summed E-state index contributed by atoms with van der Waals surface area (Å²) in [6.07, 6.45) is 2.48. The van der Waals surface area contributed by atoms with Crippen LogP contribution in [0.25, 0.3) is 11.1 Å². The summed E-state index contributed by atoms with van der Waals surface area (Å²) in [6, 6.07) is 14.6. The summed E-state index contributed by atoms with van der Waals surface area (Å²) in [4.78, 5) is 28.1. The molecular formula is C28H30FN5O4. The van der Waals surface area contributed by atoms with Crippen molar-refractivity contribution in [3.8, 4) is 5.75 Å². The number of carbonyl (C=O) groups excluding carboxylic acids is 2. The second-order valence-electron chi connectivity index (χ2n) is 9.86. The minimum Gasteiger partial charge on any atom is -0.492 e. The maximum atomic E-state index is 14.3. The van der Waals surface area contributed by atoms with Crippen molar-refractivity contribution in [1.29, 1.82) is 0 Å².